The SMILES string of the molecule is CCCS(=O)(=O)NCCc1ccccc1OC. The highest BCUT2D eigenvalue weighted by Crippen LogP contribution is 2.17. The van der Waals surface area contributed by atoms with Gasteiger partial charge in [0.2, 0.25) is 10.0 Å². The Balaban J connectivity index is 2.51. The lowest BCUT2D eigenvalue weighted by Crippen LogP contribution is -2.28. The summed E-state index contributed by atoms with van der Waals surface area (Å²) in [5.41, 5.74) is 1.01. The van der Waals surface area contributed by atoms with E-state index in [-0.39, 0.29) is 5.75 Å². The van der Waals surface area contributed by atoms with E-state index < -0.39 is 10.0 Å². The molecule has 0 radical (unpaired) electrons. The summed E-state index contributed by atoms with van der Waals surface area (Å²) in [6.07, 6.45) is 1.26. The summed E-state index contributed by atoms with van der Waals surface area (Å²) in [7, 11) is -1.50. The number of ether oxygens (including phenoxy) is 1. The van der Waals surface area contributed by atoms with Gasteiger partial charge in [0, 0.05) is 6.54 Å². The second-order valence-corrected chi connectivity index (χ2v) is 5.70. The van der Waals surface area contributed by atoms with Gasteiger partial charge in [-0.15, -0.1) is 0 Å². The molecule has 0 amide bonds. The second kappa shape index (κ2) is 6.61. The first kappa shape index (κ1) is 14.0. The molecule has 0 spiro atoms. The van der Waals surface area contributed by atoms with E-state index in [0.717, 1.165) is 11.3 Å². The fraction of sp³-hybridized carbons (Fsp3) is 0.500. The molecule has 1 N–H and O–H groups in total. The summed E-state index contributed by atoms with van der Waals surface area (Å²) in [5, 5.41) is 0. The van der Waals surface area contributed by atoms with Crippen molar-refractivity contribution < 1.29 is 13.2 Å². The standard InChI is InChI=1S/C12H19NO3S/c1-3-10-17(14,15)13-9-8-11-6-4-5-7-12(11)16-2/h4-7,13H,3,8-10H2,1-2H3. The van der Waals surface area contributed by atoms with Crippen molar-refractivity contribution in [2.75, 3.05) is 19.4 Å². The van der Waals surface area contributed by atoms with E-state index in [1.54, 1.807) is 7.11 Å². The van der Waals surface area contributed by atoms with E-state index in [2.05, 4.69) is 4.72 Å². The highest BCUT2D eigenvalue weighted by molar-refractivity contribution is 7.89. The van der Waals surface area contributed by atoms with Crippen molar-refractivity contribution in [2.45, 2.75) is 19.8 Å². The van der Waals surface area contributed by atoms with E-state index in [1.807, 2.05) is 31.2 Å². The molecule has 0 aliphatic rings. The summed E-state index contributed by atoms with van der Waals surface area (Å²) < 4.78 is 30.6. The van der Waals surface area contributed by atoms with Crippen LogP contribution in [0.15, 0.2) is 24.3 Å². The topological polar surface area (TPSA) is 55.4 Å². The van der Waals surface area contributed by atoms with Gasteiger partial charge in [0.25, 0.3) is 0 Å². The number of benzene rings is 1. The molecule has 17 heavy (non-hydrogen) atoms. The maximum absolute atomic E-state index is 11.4. The minimum absolute atomic E-state index is 0.179. The third-order valence-corrected chi connectivity index (χ3v) is 3.97. The van der Waals surface area contributed by atoms with Crippen LogP contribution in [0.25, 0.3) is 0 Å². The third kappa shape index (κ3) is 4.75. The lowest BCUT2D eigenvalue weighted by atomic mass is 10.1. The van der Waals surface area contributed by atoms with Crippen molar-refractivity contribution in [3.8, 4) is 5.75 Å². The Morgan fingerprint density at radius 2 is 2.00 bits per heavy atom. The summed E-state index contributed by atoms with van der Waals surface area (Å²) in [5.74, 6) is 0.973. The second-order valence-electron chi connectivity index (χ2n) is 3.78. The fourth-order valence-electron chi connectivity index (χ4n) is 1.59. The fourth-order valence-corrected chi connectivity index (χ4v) is 2.69. The van der Waals surface area contributed by atoms with Gasteiger partial charge < -0.3 is 4.74 Å². The van der Waals surface area contributed by atoms with Crippen molar-refractivity contribution in [3.63, 3.8) is 0 Å². The molecule has 0 fully saturated rings. The highest BCUT2D eigenvalue weighted by Gasteiger charge is 2.08. The monoisotopic (exact) mass is 257 g/mol. The molecular weight excluding hydrogens is 238 g/mol. The van der Waals surface area contributed by atoms with E-state index in [1.165, 1.54) is 0 Å². The van der Waals surface area contributed by atoms with Crippen LogP contribution in [0.5, 0.6) is 5.75 Å². The number of hydrogen-bond donors (Lipinski definition) is 1. The van der Waals surface area contributed by atoms with Crippen LogP contribution < -0.4 is 9.46 Å². The zero-order valence-electron chi connectivity index (χ0n) is 10.3. The average molecular weight is 257 g/mol. The van der Waals surface area contributed by atoms with Crippen LogP contribution in [-0.4, -0.2) is 27.8 Å². The molecule has 1 rings (SSSR count). The summed E-state index contributed by atoms with van der Waals surface area (Å²) in [6, 6.07) is 7.62. The molecule has 0 saturated heterocycles. The zero-order valence-corrected chi connectivity index (χ0v) is 11.1. The molecule has 1 aromatic rings. The number of sulfonamides is 1. The summed E-state index contributed by atoms with van der Waals surface area (Å²) in [4.78, 5) is 0. The molecule has 0 aliphatic carbocycles. The van der Waals surface area contributed by atoms with Crippen LogP contribution in [0, 0.1) is 0 Å². The summed E-state index contributed by atoms with van der Waals surface area (Å²) >= 11 is 0. The molecule has 0 unspecified atom stereocenters. The number of rotatable bonds is 7. The number of nitrogens with one attached hydrogen (secondary N) is 1. The van der Waals surface area contributed by atoms with Gasteiger partial charge in [-0.2, -0.15) is 0 Å². The molecule has 0 bridgehead atoms. The number of methoxy groups -OCH3 is 1. The minimum Gasteiger partial charge on any atom is -0.496 e. The maximum Gasteiger partial charge on any atom is 0.211 e. The molecular formula is C12H19NO3S. The Labute approximate surface area is 103 Å². The third-order valence-electron chi connectivity index (χ3n) is 2.38. The van der Waals surface area contributed by atoms with Gasteiger partial charge in [0.1, 0.15) is 5.75 Å². The van der Waals surface area contributed by atoms with Crippen LogP contribution in [0.2, 0.25) is 0 Å². The predicted octanol–water partition coefficient (Wildman–Crippen LogP) is 1.57. The van der Waals surface area contributed by atoms with Crippen molar-refractivity contribution in [1.29, 1.82) is 0 Å². The molecule has 0 aromatic heterocycles. The van der Waals surface area contributed by atoms with E-state index in [9.17, 15) is 8.42 Å². The van der Waals surface area contributed by atoms with Crippen molar-refractivity contribution >= 4 is 10.0 Å². The molecule has 1 aromatic carbocycles. The Morgan fingerprint density at radius 1 is 1.29 bits per heavy atom. The Morgan fingerprint density at radius 3 is 2.65 bits per heavy atom. The Hall–Kier alpha value is -1.07. The van der Waals surface area contributed by atoms with Gasteiger partial charge >= 0.3 is 0 Å². The summed E-state index contributed by atoms with van der Waals surface area (Å²) in [6.45, 7) is 2.25. The lowest BCUT2D eigenvalue weighted by molar-refractivity contribution is 0.409. The van der Waals surface area contributed by atoms with Crippen LogP contribution in [0.1, 0.15) is 18.9 Å². The number of hydrogen-bond acceptors (Lipinski definition) is 3. The predicted molar refractivity (Wildman–Crippen MR) is 68.8 cm³/mol. The molecule has 5 heteroatoms. The average Bonchev–Trinajstić information content (AvgIpc) is 2.29. The Bertz CT molecular complexity index is 443. The van der Waals surface area contributed by atoms with Crippen molar-refractivity contribution in [1.82, 2.24) is 4.72 Å². The number of para-hydroxylation sites is 1. The van der Waals surface area contributed by atoms with Crippen LogP contribution >= 0.6 is 0 Å². The van der Waals surface area contributed by atoms with Crippen LogP contribution in [0.4, 0.5) is 0 Å². The normalized spacial score (nSPS) is 11.4. The van der Waals surface area contributed by atoms with Crippen molar-refractivity contribution in [2.24, 2.45) is 0 Å². The van der Waals surface area contributed by atoms with E-state index in [4.69, 9.17) is 4.74 Å². The first-order valence-electron chi connectivity index (χ1n) is 5.68. The van der Waals surface area contributed by atoms with Gasteiger partial charge in [-0.1, -0.05) is 25.1 Å². The lowest BCUT2D eigenvalue weighted by Gasteiger charge is -2.09. The first-order valence-corrected chi connectivity index (χ1v) is 7.33. The van der Waals surface area contributed by atoms with Gasteiger partial charge in [-0.05, 0) is 24.5 Å². The smallest absolute Gasteiger partial charge is 0.211 e. The minimum atomic E-state index is -3.11. The maximum atomic E-state index is 11.4. The molecule has 0 heterocycles. The zero-order chi connectivity index (χ0) is 12.7. The molecule has 0 aliphatic heterocycles. The van der Waals surface area contributed by atoms with E-state index >= 15 is 0 Å². The largest absolute Gasteiger partial charge is 0.496 e. The van der Waals surface area contributed by atoms with Crippen LogP contribution in [-0.2, 0) is 16.4 Å². The van der Waals surface area contributed by atoms with Crippen LogP contribution in [0.3, 0.4) is 0 Å². The molecule has 96 valence electrons. The molecule has 4 nitrogen and oxygen atoms in total. The quantitative estimate of drug-likeness (QED) is 0.806. The van der Waals surface area contributed by atoms with Crippen molar-refractivity contribution in [3.05, 3.63) is 29.8 Å². The Kier molecular flexibility index (Phi) is 5.44. The van der Waals surface area contributed by atoms with E-state index in [0.29, 0.717) is 19.4 Å². The van der Waals surface area contributed by atoms with Gasteiger partial charge in [0.15, 0.2) is 0 Å². The molecule has 0 saturated carbocycles. The van der Waals surface area contributed by atoms with Gasteiger partial charge in [0.05, 0.1) is 12.9 Å². The first-order chi connectivity index (χ1) is 8.09. The highest BCUT2D eigenvalue weighted by atomic mass is 32.2. The van der Waals surface area contributed by atoms with Gasteiger partial charge in [-0.25, -0.2) is 13.1 Å². The van der Waals surface area contributed by atoms with Gasteiger partial charge in [-0.3, -0.25) is 0 Å². The molecule has 0 atom stereocenters.